The van der Waals surface area contributed by atoms with Gasteiger partial charge in [-0.25, -0.2) is 19.3 Å². The lowest BCUT2D eigenvalue weighted by Crippen LogP contribution is -2.24. The van der Waals surface area contributed by atoms with E-state index in [1.54, 1.807) is 54.7 Å². The topological polar surface area (TPSA) is 105 Å². The molecule has 9 nitrogen and oxygen atoms in total. The molecule has 0 saturated carbocycles. The van der Waals surface area contributed by atoms with E-state index in [-0.39, 0.29) is 17.5 Å². The first-order valence-corrected chi connectivity index (χ1v) is 15.0. The number of thiazole rings is 1. The van der Waals surface area contributed by atoms with Crippen molar-refractivity contribution in [3.63, 3.8) is 0 Å². The van der Waals surface area contributed by atoms with Crippen molar-refractivity contribution >= 4 is 62.7 Å². The summed E-state index contributed by atoms with van der Waals surface area (Å²) in [6.45, 7) is 0.483. The highest BCUT2D eigenvalue weighted by molar-refractivity contribution is 7.15. The predicted octanol–water partition coefficient (Wildman–Crippen LogP) is 7.44. The number of benzene rings is 3. The fourth-order valence-corrected chi connectivity index (χ4v) is 6.14. The van der Waals surface area contributed by atoms with E-state index in [1.165, 1.54) is 22.3 Å². The zero-order valence-corrected chi connectivity index (χ0v) is 24.6. The normalized spacial score (nSPS) is 13.0. The number of hydrogen-bond donors (Lipinski definition) is 2. The molecule has 2 amide bonds. The third kappa shape index (κ3) is 5.27. The lowest BCUT2D eigenvalue weighted by atomic mass is 10.1. The number of hydrogen-bond acceptors (Lipinski definition) is 7. The third-order valence-electron chi connectivity index (χ3n) is 7.24. The van der Waals surface area contributed by atoms with Gasteiger partial charge < -0.3 is 15.5 Å². The Kier molecular flexibility index (Phi) is 7.24. The number of aromatic nitrogens is 4. The molecule has 44 heavy (non-hydrogen) atoms. The summed E-state index contributed by atoms with van der Waals surface area (Å²) in [5, 5.41) is 8.38. The van der Waals surface area contributed by atoms with Crippen LogP contribution in [0, 0.1) is 5.82 Å². The lowest BCUT2D eigenvalue weighted by Gasteiger charge is -2.17. The second kappa shape index (κ2) is 11.5. The number of anilines is 4. The smallest absolute Gasteiger partial charge is 0.257 e. The molecule has 0 aliphatic carbocycles. The molecule has 3 aromatic carbocycles. The van der Waals surface area contributed by atoms with Crippen LogP contribution in [0.2, 0.25) is 5.02 Å². The van der Waals surface area contributed by atoms with Gasteiger partial charge in [-0.2, -0.15) is 0 Å². The minimum absolute atomic E-state index is 0.0974. The van der Waals surface area contributed by atoms with E-state index >= 15 is 0 Å². The molecule has 2 N–H and O–H groups in total. The summed E-state index contributed by atoms with van der Waals surface area (Å²) < 4.78 is 16.6. The van der Waals surface area contributed by atoms with Gasteiger partial charge in [0.05, 0.1) is 27.7 Å². The van der Waals surface area contributed by atoms with E-state index in [2.05, 4.69) is 15.6 Å². The van der Waals surface area contributed by atoms with Crippen LogP contribution in [-0.2, 0) is 4.79 Å². The second-order valence-corrected chi connectivity index (χ2v) is 11.4. The van der Waals surface area contributed by atoms with Gasteiger partial charge in [-0.3, -0.25) is 14.0 Å². The number of nitrogens with one attached hydrogen (secondary N) is 2. The first kappa shape index (κ1) is 27.7. The maximum Gasteiger partial charge on any atom is 0.257 e. The first-order valence-electron chi connectivity index (χ1n) is 13.8. The number of fused-ring (bicyclic) bond motifs is 1. The van der Waals surface area contributed by atoms with E-state index < -0.39 is 5.82 Å². The Balaban J connectivity index is 1.21. The summed E-state index contributed by atoms with van der Waals surface area (Å²) in [7, 11) is 0. The number of carbonyl (C=O) groups excluding carboxylic acids is 2. The van der Waals surface area contributed by atoms with Gasteiger partial charge in [0.25, 0.3) is 5.91 Å². The van der Waals surface area contributed by atoms with Crippen LogP contribution < -0.4 is 15.5 Å². The number of imidazole rings is 1. The fourth-order valence-electron chi connectivity index (χ4n) is 5.20. The molecule has 0 radical (unpaired) electrons. The Morgan fingerprint density at radius 2 is 1.89 bits per heavy atom. The zero-order chi connectivity index (χ0) is 30.2. The van der Waals surface area contributed by atoms with Gasteiger partial charge in [0, 0.05) is 47.7 Å². The Hall–Kier alpha value is -5.13. The summed E-state index contributed by atoms with van der Waals surface area (Å²) in [5.74, 6) is -0.581. The summed E-state index contributed by atoms with van der Waals surface area (Å²) in [6, 6.07) is 20.6. The summed E-state index contributed by atoms with van der Waals surface area (Å²) in [6.07, 6.45) is 4.66. The predicted molar refractivity (Wildman–Crippen MR) is 170 cm³/mol. The van der Waals surface area contributed by atoms with Crippen LogP contribution in [0.25, 0.3) is 27.6 Å². The number of halogens is 2. The summed E-state index contributed by atoms with van der Waals surface area (Å²) in [5.41, 5.74) is 4.54. The molecule has 12 heteroatoms. The van der Waals surface area contributed by atoms with Crippen LogP contribution >= 0.6 is 22.9 Å². The Morgan fingerprint density at radius 3 is 2.73 bits per heavy atom. The highest BCUT2D eigenvalue weighted by atomic mass is 35.5. The number of carbonyl (C=O) groups is 2. The summed E-state index contributed by atoms with van der Waals surface area (Å²) >= 11 is 7.71. The SMILES string of the molecule is O=C(Nc1cccc(-c2nc3sccn3c2-c2ccnc(Nc3ccc(F)c(N4CCCC4=O)c3)n2)c1)c1ccccc1Cl. The molecule has 4 heterocycles. The highest BCUT2D eigenvalue weighted by Gasteiger charge is 2.25. The quantitative estimate of drug-likeness (QED) is 0.192. The maximum absolute atomic E-state index is 14.6. The van der Waals surface area contributed by atoms with Gasteiger partial charge in [0.1, 0.15) is 11.5 Å². The van der Waals surface area contributed by atoms with E-state index in [0.29, 0.717) is 58.7 Å². The zero-order valence-electron chi connectivity index (χ0n) is 23.0. The van der Waals surface area contributed by atoms with Gasteiger partial charge in [-0.05, 0) is 55.0 Å². The molecule has 6 aromatic rings. The van der Waals surface area contributed by atoms with Crippen molar-refractivity contribution in [3.8, 4) is 22.6 Å². The number of rotatable bonds is 7. The Morgan fingerprint density at radius 1 is 1.00 bits per heavy atom. The van der Waals surface area contributed by atoms with Crippen LogP contribution in [0.1, 0.15) is 23.2 Å². The van der Waals surface area contributed by atoms with Gasteiger partial charge >= 0.3 is 0 Å². The van der Waals surface area contributed by atoms with Crippen molar-refractivity contribution in [2.75, 3.05) is 22.1 Å². The number of amides is 2. The molecule has 0 unspecified atom stereocenters. The van der Waals surface area contributed by atoms with Crippen LogP contribution in [0.3, 0.4) is 0 Å². The van der Waals surface area contributed by atoms with Gasteiger partial charge in [-0.15, -0.1) is 11.3 Å². The van der Waals surface area contributed by atoms with Crippen molar-refractivity contribution in [2.45, 2.75) is 12.8 Å². The van der Waals surface area contributed by atoms with Crippen LogP contribution in [0.15, 0.2) is 90.6 Å². The maximum atomic E-state index is 14.6. The van der Waals surface area contributed by atoms with Crippen molar-refractivity contribution < 1.29 is 14.0 Å². The van der Waals surface area contributed by atoms with E-state index in [1.807, 2.05) is 34.2 Å². The Bertz CT molecular complexity index is 2060. The van der Waals surface area contributed by atoms with E-state index in [4.69, 9.17) is 21.6 Å². The van der Waals surface area contributed by atoms with Crippen molar-refractivity contribution in [1.29, 1.82) is 0 Å². The van der Waals surface area contributed by atoms with E-state index in [0.717, 1.165) is 16.2 Å². The molecule has 0 atom stereocenters. The van der Waals surface area contributed by atoms with Gasteiger partial charge in [-0.1, -0.05) is 35.9 Å². The number of nitrogens with zero attached hydrogens (tertiary/aromatic N) is 5. The Labute approximate surface area is 260 Å². The van der Waals surface area contributed by atoms with Crippen molar-refractivity contribution in [3.05, 3.63) is 107 Å². The molecular weight excluding hydrogens is 601 g/mol. The van der Waals surface area contributed by atoms with Crippen molar-refractivity contribution in [1.82, 2.24) is 19.4 Å². The van der Waals surface area contributed by atoms with E-state index in [9.17, 15) is 14.0 Å². The molecule has 218 valence electrons. The van der Waals surface area contributed by atoms with Gasteiger partial charge in [0.15, 0.2) is 4.96 Å². The molecule has 0 spiro atoms. The largest absolute Gasteiger partial charge is 0.324 e. The molecule has 1 saturated heterocycles. The molecule has 1 aliphatic heterocycles. The molecule has 0 bridgehead atoms. The van der Waals surface area contributed by atoms with Gasteiger partial charge in [0.2, 0.25) is 11.9 Å². The minimum atomic E-state index is -0.463. The third-order valence-corrected chi connectivity index (χ3v) is 8.33. The minimum Gasteiger partial charge on any atom is -0.324 e. The molecule has 7 rings (SSSR count). The standard InChI is InChI=1S/C32H23ClFN7O2S/c33-23-8-2-1-7-22(23)30(43)36-20-6-3-5-19(17-20)28-29(41-15-16-44-32(41)39-28)25-12-13-35-31(38-25)37-21-10-11-24(34)26(18-21)40-14-4-9-27(40)42/h1-3,5-8,10-13,15-18H,4,9,14H2,(H,36,43)(H,35,37,38). The van der Waals surface area contributed by atoms with Crippen LogP contribution in [0.5, 0.6) is 0 Å². The monoisotopic (exact) mass is 623 g/mol. The average molecular weight is 624 g/mol. The molecule has 1 fully saturated rings. The molecule has 1 aliphatic rings. The average Bonchev–Trinajstić information content (AvgIpc) is 3.75. The molecular formula is C32H23ClFN7O2S. The highest BCUT2D eigenvalue weighted by Crippen LogP contribution is 2.35. The lowest BCUT2D eigenvalue weighted by molar-refractivity contribution is -0.117. The van der Waals surface area contributed by atoms with Crippen LogP contribution in [-0.4, -0.2) is 37.7 Å². The first-order chi connectivity index (χ1) is 21.4. The molecule has 3 aromatic heterocycles. The second-order valence-electron chi connectivity index (χ2n) is 10.1. The van der Waals surface area contributed by atoms with Crippen LogP contribution in [0.4, 0.5) is 27.4 Å². The summed E-state index contributed by atoms with van der Waals surface area (Å²) in [4.78, 5) is 41.4. The fraction of sp³-hybridized carbons (Fsp3) is 0.0938. The van der Waals surface area contributed by atoms with Crippen molar-refractivity contribution in [2.24, 2.45) is 0 Å².